The molecule has 0 spiro atoms. The number of thiophene rings is 1. The molecule has 1 fully saturated rings. The van der Waals surface area contributed by atoms with Crippen molar-refractivity contribution in [1.82, 2.24) is 25.1 Å². The van der Waals surface area contributed by atoms with Crippen LogP contribution >= 0.6 is 11.3 Å². The molecule has 0 aliphatic carbocycles. The zero-order chi connectivity index (χ0) is 32.9. The van der Waals surface area contributed by atoms with Crippen LogP contribution < -0.4 is 5.32 Å². The fourth-order valence-corrected chi connectivity index (χ4v) is 10.1. The van der Waals surface area contributed by atoms with E-state index in [2.05, 4.69) is 25.5 Å². The van der Waals surface area contributed by atoms with E-state index in [0.717, 1.165) is 53.1 Å². The number of pyridine rings is 3. The van der Waals surface area contributed by atoms with E-state index in [1.165, 1.54) is 23.6 Å². The largest absolute Gasteiger partial charge is 0.421 e. The van der Waals surface area contributed by atoms with Crippen molar-refractivity contribution >= 4 is 37.1 Å². The van der Waals surface area contributed by atoms with Gasteiger partial charge in [-0.05, 0) is 73.6 Å². The highest BCUT2D eigenvalue weighted by atomic mass is 32.2. The van der Waals surface area contributed by atoms with Gasteiger partial charge in [-0.2, -0.15) is 0 Å². The standard InChI is InChI=1S/C34H37FN6O4S2/c1-18(2)25-17-47(42,43)32-29(27-14-22-7-10-37-33(31(22)46-27)38-19(3)23-13-24(35)16-36-15-23)28(34-41-40-20(4)45-34)26(39-30(25)32)6-5-21-8-11-44-12-9-21/h7,10,13-16,18-19,21,25H,5-6,8-9,11-12,17H2,1-4H3,(H,37,38)/t19-,25+/m0/s1. The van der Waals surface area contributed by atoms with Gasteiger partial charge in [0.25, 0.3) is 0 Å². The van der Waals surface area contributed by atoms with Gasteiger partial charge in [0, 0.05) is 48.9 Å². The van der Waals surface area contributed by atoms with Crippen molar-refractivity contribution in [2.45, 2.75) is 70.2 Å². The predicted octanol–water partition coefficient (Wildman–Crippen LogP) is 7.31. The molecule has 7 rings (SSSR count). The second-order valence-electron chi connectivity index (χ2n) is 12.9. The molecule has 7 heterocycles. The number of halogens is 1. The zero-order valence-electron chi connectivity index (χ0n) is 26.8. The van der Waals surface area contributed by atoms with Crippen molar-refractivity contribution in [2.24, 2.45) is 11.8 Å². The summed E-state index contributed by atoms with van der Waals surface area (Å²) in [6, 6.07) is 5.07. The fraction of sp³-hybridized carbons (Fsp3) is 0.441. The predicted molar refractivity (Wildman–Crippen MR) is 179 cm³/mol. The van der Waals surface area contributed by atoms with E-state index in [-0.39, 0.29) is 34.4 Å². The van der Waals surface area contributed by atoms with Crippen LogP contribution in [0.3, 0.4) is 0 Å². The maximum Gasteiger partial charge on any atom is 0.250 e. The summed E-state index contributed by atoms with van der Waals surface area (Å²) in [5.74, 6) is 1.18. The van der Waals surface area contributed by atoms with Gasteiger partial charge >= 0.3 is 0 Å². The maximum atomic E-state index is 14.1. The third-order valence-corrected chi connectivity index (χ3v) is 12.3. The Kier molecular flexibility index (Phi) is 8.56. The van der Waals surface area contributed by atoms with E-state index in [4.69, 9.17) is 14.1 Å². The highest BCUT2D eigenvalue weighted by Gasteiger charge is 2.43. The lowest BCUT2D eigenvalue weighted by Crippen LogP contribution is -2.17. The first-order valence-corrected chi connectivity index (χ1v) is 18.5. The zero-order valence-corrected chi connectivity index (χ0v) is 28.4. The number of nitrogens with one attached hydrogen (secondary N) is 1. The second-order valence-corrected chi connectivity index (χ2v) is 15.9. The van der Waals surface area contributed by atoms with Crippen molar-refractivity contribution in [3.8, 4) is 21.9 Å². The minimum atomic E-state index is -3.70. The van der Waals surface area contributed by atoms with Crippen molar-refractivity contribution in [3.05, 3.63) is 65.4 Å². The molecule has 0 unspecified atom stereocenters. The van der Waals surface area contributed by atoms with E-state index >= 15 is 0 Å². The molecule has 1 saturated heterocycles. The summed E-state index contributed by atoms with van der Waals surface area (Å²) in [6.45, 7) is 9.23. The number of ether oxygens (including phenoxy) is 1. The third-order valence-electron chi connectivity index (χ3n) is 9.25. The lowest BCUT2D eigenvalue weighted by molar-refractivity contribution is 0.0639. The van der Waals surface area contributed by atoms with Crippen LogP contribution in [-0.4, -0.2) is 52.5 Å². The Balaban J connectivity index is 1.42. The first kappa shape index (κ1) is 31.8. The van der Waals surface area contributed by atoms with Crippen molar-refractivity contribution in [3.63, 3.8) is 0 Å². The normalized spacial score (nSPS) is 18.6. The van der Waals surface area contributed by atoms with Crippen LogP contribution in [0.25, 0.3) is 32.0 Å². The molecule has 5 aromatic rings. The van der Waals surface area contributed by atoms with Crippen LogP contribution in [0.5, 0.6) is 0 Å². The van der Waals surface area contributed by atoms with Gasteiger partial charge in [-0.3, -0.25) is 9.97 Å². The maximum absolute atomic E-state index is 14.1. The lowest BCUT2D eigenvalue weighted by Gasteiger charge is -2.23. The Morgan fingerprint density at radius 3 is 2.64 bits per heavy atom. The molecule has 5 aromatic heterocycles. The number of nitrogens with zero attached hydrogens (tertiary/aromatic N) is 5. The Morgan fingerprint density at radius 1 is 1.11 bits per heavy atom. The van der Waals surface area contributed by atoms with E-state index < -0.39 is 15.7 Å². The van der Waals surface area contributed by atoms with Gasteiger partial charge in [0.1, 0.15) is 11.6 Å². The van der Waals surface area contributed by atoms with Crippen LogP contribution in [0.15, 0.2) is 46.1 Å². The molecule has 2 aliphatic rings. The van der Waals surface area contributed by atoms with Gasteiger partial charge in [0.2, 0.25) is 11.8 Å². The third kappa shape index (κ3) is 6.16. The minimum absolute atomic E-state index is 0.00413. The monoisotopic (exact) mass is 676 g/mol. The summed E-state index contributed by atoms with van der Waals surface area (Å²) in [4.78, 5) is 14.8. The summed E-state index contributed by atoms with van der Waals surface area (Å²) in [6.07, 6.45) is 8.01. The van der Waals surface area contributed by atoms with Gasteiger partial charge in [-0.1, -0.05) is 13.8 Å². The van der Waals surface area contributed by atoms with Gasteiger partial charge in [-0.15, -0.1) is 21.5 Å². The van der Waals surface area contributed by atoms with Crippen molar-refractivity contribution in [1.29, 1.82) is 0 Å². The van der Waals surface area contributed by atoms with Crippen molar-refractivity contribution < 1.29 is 22.0 Å². The van der Waals surface area contributed by atoms with Crippen molar-refractivity contribution in [2.75, 3.05) is 24.3 Å². The van der Waals surface area contributed by atoms with Gasteiger partial charge in [-0.25, -0.2) is 17.8 Å². The Hall–Kier alpha value is -3.81. The number of fused-ring (bicyclic) bond motifs is 2. The molecule has 0 bridgehead atoms. The molecule has 0 saturated carbocycles. The molecule has 0 aromatic carbocycles. The number of aryl methyl sites for hydroxylation is 2. The number of rotatable bonds is 9. The highest BCUT2D eigenvalue weighted by molar-refractivity contribution is 7.92. The van der Waals surface area contributed by atoms with E-state index in [0.29, 0.717) is 46.4 Å². The number of sulfone groups is 1. The first-order valence-electron chi connectivity index (χ1n) is 16.0. The molecule has 0 radical (unpaired) electrons. The Bertz CT molecular complexity index is 2050. The van der Waals surface area contributed by atoms with E-state index in [9.17, 15) is 12.8 Å². The molecular formula is C34H37FN6O4S2. The molecule has 0 amide bonds. The SMILES string of the molecule is Cc1nnc(-c2c(CCC3CCOCC3)nc3c(c2-c2cc4ccnc(N[C@@H](C)c5cncc(F)c5)c4s2)S(=O)(=O)C[C@@H]3C(C)C)o1. The number of aromatic nitrogens is 5. The topological polar surface area (TPSA) is 133 Å². The van der Waals surface area contributed by atoms with Crippen LogP contribution in [0, 0.1) is 24.6 Å². The lowest BCUT2D eigenvalue weighted by atomic mass is 9.89. The average Bonchev–Trinajstić information content (AvgIpc) is 3.75. The summed E-state index contributed by atoms with van der Waals surface area (Å²) >= 11 is 1.45. The summed E-state index contributed by atoms with van der Waals surface area (Å²) in [7, 11) is -3.70. The summed E-state index contributed by atoms with van der Waals surface area (Å²) in [5.41, 5.74) is 3.23. The van der Waals surface area contributed by atoms with Crippen LogP contribution in [0.2, 0.25) is 0 Å². The van der Waals surface area contributed by atoms with E-state index in [1.54, 1.807) is 19.3 Å². The summed E-state index contributed by atoms with van der Waals surface area (Å²) < 4.78 is 54.6. The van der Waals surface area contributed by atoms with Gasteiger partial charge < -0.3 is 14.5 Å². The molecule has 13 heteroatoms. The number of anilines is 1. The summed E-state index contributed by atoms with van der Waals surface area (Å²) in [5, 5.41) is 12.8. The first-order chi connectivity index (χ1) is 22.6. The van der Waals surface area contributed by atoms with Crippen LogP contribution in [-0.2, 0) is 21.0 Å². The molecule has 10 nitrogen and oxygen atoms in total. The molecular weight excluding hydrogens is 640 g/mol. The minimum Gasteiger partial charge on any atom is -0.421 e. The van der Waals surface area contributed by atoms with E-state index in [1.807, 2.05) is 32.9 Å². The van der Waals surface area contributed by atoms with Crippen LogP contribution in [0.1, 0.15) is 74.8 Å². The molecule has 1 N–H and O–H groups in total. The number of hydrogen-bond donors (Lipinski definition) is 1. The molecule has 2 atom stereocenters. The second kappa shape index (κ2) is 12.7. The fourth-order valence-electron chi connectivity index (χ4n) is 6.68. The Morgan fingerprint density at radius 2 is 1.91 bits per heavy atom. The molecule has 246 valence electrons. The molecule has 2 aliphatic heterocycles. The average molecular weight is 677 g/mol. The van der Waals surface area contributed by atoms with Crippen LogP contribution in [0.4, 0.5) is 10.2 Å². The smallest absolute Gasteiger partial charge is 0.250 e. The van der Waals surface area contributed by atoms with Gasteiger partial charge in [0.15, 0.2) is 9.84 Å². The Labute approximate surface area is 277 Å². The highest BCUT2D eigenvalue weighted by Crippen LogP contribution is 2.51. The molecule has 47 heavy (non-hydrogen) atoms. The quantitative estimate of drug-likeness (QED) is 0.169. The van der Waals surface area contributed by atoms with Gasteiger partial charge in [0.05, 0.1) is 44.5 Å². The number of hydrogen-bond acceptors (Lipinski definition) is 11.